The quantitative estimate of drug-likeness (QED) is 0.735. The summed E-state index contributed by atoms with van der Waals surface area (Å²) in [5.41, 5.74) is -1.02. The molecular weight excluding hydrogens is 409 g/mol. The summed E-state index contributed by atoms with van der Waals surface area (Å²) in [6.07, 6.45) is -0.519. The van der Waals surface area contributed by atoms with Crippen molar-refractivity contribution in [2.75, 3.05) is 32.4 Å². The van der Waals surface area contributed by atoms with Crippen LogP contribution in [0.1, 0.15) is 18.4 Å². The first kappa shape index (κ1) is 20.3. The molecule has 0 spiro atoms. The number of sulfonamides is 1. The summed E-state index contributed by atoms with van der Waals surface area (Å²) >= 11 is 7.55. The minimum absolute atomic E-state index is 0.0758. The van der Waals surface area contributed by atoms with Crippen molar-refractivity contribution in [3.05, 3.63) is 28.8 Å². The summed E-state index contributed by atoms with van der Waals surface area (Å²) in [5, 5.41) is -0.101. The van der Waals surface area contributed by atoms with Crippen LogP contribution in [-0.4, -0.2) is 61.3 Å². The van der Waals surface area contributed by atoms with Gasteiger partial charge in [0.15, 0.2) is 0 Å². The minimum Gasteiger partial charge on any atom is -0.298 e. The van der Waals surface area contributed by atoms with Gasteiger partial charge in [0.25, 0.3) is 0 Å². The average Bonchev–Trinajstić information content (AvgIpc) is 3.23. The van der Waals surface area contributed by atoms with E-state index < -0.39 is 26.7 Å². The van der Waals surface area contributed by atoms with E-state index in [9.17, 15) is 21.6 Å². The van der Waals surface area contributed by atoms with Gasteiger partial charge >= 0.3 is 6.18 Å². The van der Waals surface area contributed by atoms with Crippen molar-refractivity contribution in [1.29, 1.82) is 0 Å². The molecule has 2 heterocycles. The van der Waals surface area contributed by atoms with Gasteiger partial charge in [0.05, 0.1) is 10.6 Å². The van der Waals surface area contributed by atoms with Gasteiger partial charge in [0.2, 0.25) is 10.0 Å². The Balaban J connectivity index is 1.91. The lowest BCUT2D eigenvalue weighted by Crippen LogP contribution is -2.40. The third-order valence-corrected chi connectivity index (χ3v) is 8.37. The van der Waals surface area contributed by atoms with E-state index in [1.165, 1.54) is 4.31 Å². The highest BCUT2D eigenvalue weighted by atomic mass is 35.5. The van der Waals surface area contributed by atoms with Gasteiger partial charge in [-0.25, -0.2) is 8.42 Å². The summed E-state index contributed by atoms with van der Waals surface area (Å²) in [6.45, 7) is 2.41. The van der Waals surface area contributed by atoms with Crippen molar-refractivity contribution < 1.29 is 21.6 Å². The van der Waals surface area contributed by atoms with Gasteiger partial charge in [0.1, 0.15) is 4.90 Å². The molecule has 4 nitrogen and oxygen atoms in total. The van der Waals surface area contributed by atoms with Crippen LogP contribution in [0.2, 0.25) is 5.02 Å². The van der Waals surface area contributed by atoms with Crippen molar-refractivity contribution in [3.8, 4) is 0 Å². The zero-order chi connectivity index (χ0) is 19.1. The molecule has 0 N–H and O–H groups in total. The Kier molecular flexibility index (Phi) is 5.85. The van der Waals surface area contributed by atoms with Crippen LogP contribution in [-0.2, 0) is 16.2 Å². The molecule has 1 aromatic rings. The monoisotopic (exact) mass is 428 g/mol. The SMILES string of the molecule is CS[C@@H]1CN(S(=O)(=O)c2cc(C(F)(F)F)ccc2Cl)C[C@H]1N1CCCC1. The highest BCUT2D eigenvalue weighted by Gasteiger charge is 2.43. The molecule has 0 unspecified atom stereocenters. The number of rotatable bonds is 4. The fourth-order valence-electron chi connectivity index (χ4n) is 3.59. The molecule has 0 aromatic heterocycles. The lowest BCUT2D eigenvalue weighted by molar-refractivity contribution is -0.137. The summed E-state index contributed by atoms with van der Waals surface area (Å²) in [7, 11) is -4.10. The van der Waals surface area contributed by atoms with E-state index in [-0.39, 0.29) is 29.4 Å². The average molecular weight is 429 g/mol. The molecule has 0 bridgehead atoms. The normalized spacial score (nSPS) is 25.9. The number of likely N-dealkylation sites (tertiary alicyclic amines) is 1. The fourth-order valence-corrected chi connectivity index (χ4v) is 6.57. The first-order valence-electron chi connectivity index (χ1n) is 8.28. The second-order valence-corrected chi connectivity index (χ2v) is 9.94. The van der Waals surface area contributed by atoms with Gasteiger partial charge in [-0.2, -0.15) is 29.2 Å². The summed E-state index contributed by atoms with van der Waals surface area (Å²) in [4.78, 5) is 1.81. The van der Waals surface area contributed by atoms with Gasteiger partial charge in [-0.1, -0.05) is 11.6 Å². The van der Waals surface area contributed by atoms with Gasteiger partial charge in [0, 0.05) is 24.4 Å². The Morgan fingerprint density at radius 2 is 1.85 bits per heavy atom. The van der Waals surface area contributed by atoms with Gasteiger partial charge in [-0.3, -0.25) is 4.90 Å². The molecule has 10 heteroatoms. The Morgan fingerprint density at radius 3 is 2.42 bits per heavy atom. The number of halogens is 4. The van der Waals surface area contributed by atoms with E-state index in [0.29, 0.717) is 6.07 Å². The van der Waals surface area contributed by atoms with E-state index in [1.54, 1.807) is 11.8 Å². The largest absolute Gasteiger partial charge is 0.416 e. The molecule has 2 fully saturated rings. The van der Waals surface area contributed by atoms with E-state index in [1.807, 2.05) is 6.26 Å². The van der Waals surface area contributed by atoms with Crippen LogP contribution in [0.15, 0.2) is 23.1 Å². The Morgan fingerprint density at radius 1 is 1.19 bits per heavy atom. The molecule has 2 aliphatic heterocycles. The van der Waals surface area contributed by atoms with E-state index in [2.05, 4.69) is 4.90 Å². The van der Waals surface area contributed by atoms with Crippen LogP contribution in [0, 0.1) is 0 Å². The molecule has 146 valence electrons. The van der Waals surface area contributed by atoms with Crippen LogP contribution in [0.3, 0.4) is 0 Å². The van der Waals surface area contributed by atoms with Gasteiger partial charge < -0.3 is 0 Å². The second-order valence-electron chi connectivity index (χ2n) is 6.55. The first-order valence-corrected chi connectivity index (χ1v) is 11.4. The number of benzene rings is 1. The molecule has 2 saturated heterocycles. The molecule has 3 rings (SSSR count). The molecular formula is C16H20ClF3N2O2S2. The highest BCUT2D eigenvalue weighted by Crippen LogP contribution is 2.37. The van der Waals surface area contributed by atoms with Crippen LogP contribution in [0.25, 0.3) is 0 Å². The lowest BCUT2D eigenvalue weighted by atomic mass is 10.2. The zero-order valence-electron chi connectivity index (χ0n) is 14.2. The van der Waals surface area contributed by atoms with Gasteiger partial charge in [-0.15, -0.1) is 0 Å². The Labute approximate surface area is 160 Å². The maximum Gasteiger partial charge on any atom is 0.416 e. The number of hydrogen-bond donors (Lipinski definition) is 0. The molecule has 0 aliphatic carbocycles. The third kappa shape index (κ3) is 3.87. The fraction of sp³-hybridized carbons (Fsp3) is 0.625. The molecule has 0 radical (unpaired) electrons. The van der Waals surface area contributed by atoms with Crippen molar-refractivity contribution in [1.82, 2.24) is 9.21 Å². The van der Waals surface area contributed by atoms with Crippen LogP contribution in [0.4, 0.5) is 13.2 Å². The molecule has 1 aromatic carbocycles. The van der Waals surface area contributed by atoms with E-state index >= 15 is 0 Å². The van der Waals surface area contributed by atoms with Gasteiger partial charge in [-0.05, 0) is 50.4 Å². The molecule has 2 atom stereocenters. The van der Waals surface area contributed by atoms with Crippen molar-refractivity contribution in [3.63, 3.8) is 0 Å². The Hall–Kier alpha value is -0.480. The zero-order valence-corrected chi connectivity index (χ0v) is 16.6. The predicted octanol–water partition coefficient (Wildman–Crippen LogP) is 3.56. The van der Waals surface area contributed by atoms with Crippen molar-refractivity contribution >= 4 is 33.4 Å². The summed E-state index contributed by atoms with van der Waals surface area (Å²) in [5.74, 6) is 0. The standard InChI is InChI=1S/C16H20ClF3N2O2S2/c1-25-14-10-22(9-13(14)21-6-2-3-7-21)26(23,24)15-8-11(16(18,19)20)4-5-12(15)17/h4-5,8,13-14H,2-3,6-7,9-10H2,1H3/t13-,14-/m1/s1. The molecule has 0 saturated carbocycles. The Bertz CT molecular complexity index is 767. The smallest absolute Gasteiger partial charge is 0.298 e. The molecule has 26 heavy (non-hydrogen) atoms. The van der Waals surface area contributed by atoms with Crippen molar-refractivity contribution in [2.24, 2.45) is 0 Å². The van der Waals surface area contributed by atoms with E-state index in [4.69, 9.17) is 11.6 Å². The topological polar surface area (TPSA) is 40.6 Å². The van der Waals surface area contributed by atoms with Crippen LogP contribution >= 0.6 is 23.4 Å². The summed E-state index contributed by atoms with van der Waals surface area (Å²) in [6, 6.07) is 2.50. The van der Waals surface area contributed by atoms with Crippen LogP contribution < -0.4 is 0 Å². The number of nitrogens with zero attached hydrogens (tertiary/aromatic N) is 2. The van der Waals surface area contributed by atoms with Crippen molar-refractivity contribution in [2.45, 2.75) is 35.2 Å². The number of thioether (sulfide) groups is 1. The molecule has 0 amide bonds. The molecule has 2 aliphatic rings. The lowest BCUT2D eigenvalue weighted by Gasteiger charge is -2.27. The minimum atomic E-state index is -4.63. The number of alkyl halides is 3. The first-order chi connectivity index (χ1) is 12.1. The third-order valence-electron chi connectivity index (χ3n) is 4.99. The maximum atomic E-state index is 13.0. The predicted molar refractivity (Wildman–Crippen MR) is 97.1 cm³/mol. The second kappa shape index (κ2) is 7.50. The highest BCUT2D eigenvalue weighted by molar-refractivity contribution is 7.99. The maximum absolute atomic E-state index is 13.0. The van der Waals surface area contributed by atoms with E-state index in [0.717, 1.165) is 38.1 Å². The number of hydrogen-bond acceptors (Lipinski definition) is 4. The summed E-state index contributed by atoms with van der Waals surface area (Å²) < 4.78 is 66.2. The van der Waals surface area contributed by atoms with Crippen LogP contribution in [0.5, 0.6) is 0 Å².